The molecule has 0 aromatic carbocycles. The normalized spacial score (nSPS) is 9.94. The topological polar surface area (TPSA) is 88.0 Å². The predicted octanol–water partition coefficient (Wildman–Crippen LogP) is 1.28. The van der Waals surface area contributed by atoms with E-state index >= 15 is 0 Å². The molecule has 2 aromatic heterocycles. The van der Waals surface area contributed by atoms with Crippen LogP contribution >= 0.6 is 0 Å². The molecule has 0 spiro atoms. The fourth-order valence-electron chi connectivity index (χ4n) is 1.31. The van der Waals surface area contributed by atoms with Crippen LogP contribution in [-0.2, 0) is 0 Å². The zero-order chi connectivity index (χ0) is 12.3. The third kappa shape index (κ3) is 2.36. The van der Waals surface area contributed by atoms with E-state index in [9.17, 15) is 4.79 Å². The van der Waals surface area contributed by atoms with Gasteiger partial charge in [-0.1, -0.05) is 0 Å². The van der Waals surface area contributed by atoms with Crippen molar-refractivity contribution < 1.29 is 9.90 Å². The van der Waals surface area contributed by atoms with Gasteiger partial charge in [-0.2, -0.15) is 0 Å². The lowest BCUT2D eigenvalue weighted by atomic mass is 10.2. The maximum absolute atomic E-state index is 10.9. The minimum atomic E-state index is -1.08. The second-order valence-electron chi connectivity index (χ2n) is 3.25. The fraction of sp³-hybridized carbons (Fsp3) is 0.0909. The zero-order valence-electron chi connectivity index (χ0n) is 9.08. The molecule has 2 aromatic rings. The summed E-state index contributed by atoms with van der Waals surface area (Å²) in [7, 11) is 1.67. The molecule has 0 saturated heterocycles. The number of pyridine rings is 1. The fourth-order valence-corrected chi connectivity index (χ4v) is 1.31. The van der Waals surface area contributed by atoms with E-state index in [1.165, 1.54) is 6.07 Å². The first-order chi connectivity index (χ1) is 8.20. The predicted molar refractivity (Wildman–Crippen MR) is 61.8 cm³/mol. The van der Waals surface area contributed by atoms with E-state index in [4.69, 9.17) is 5.11 Å². The van der Waals surface area contributed by atoms with Gasteiger partial charge in [-0.25, -0.2) is 14.8 Å². The van der Waals surface area contributed by atoms with Crippen LogP contribution in [0.25, 0.3) is 11.4 Å². The number of hydrogen-bond donors (Lipinski definition) is 2. The van der Waals surface area contributed by atoms with Crippen LogP contribution in [0, 0.1) is 0 Å². The van der Waals surface area contributed by atoms with Crippen molar-refractivity contribution in [1.29, 1.82) is 0 Å². The number of aromatic carboxylic acids is 1. The van der Waals surface area contributed by atoms with E-state index < -0.39 is 5.97 Å². The average Bonchev–Trinajstić information content (AvgIpc) is 2.39. The van der Waals surface area contributed by atoms with E-state index in [1.807, 2.05) is 0 Å². The number of carbonyl (C=O) groups is 1. The van der Waals surface area contributed by atoms with Gasteiger partial charge in [-0.05, 0) is 12.1 Å². The van der Waals surface area contributed by atoms with Crippen molar-refractivity contribution in [3.63, 3.8) is 0 Å². The smallest absolute Gasteiger partial charge is 0.354 e. The summed E-state index contributed by atoms with van der Waals surface area (Å²) in [6.45, 7) is 0. The Morgan fingerprint density at radius 2 is 2.00 bits per heavy atom. The van der Waals surface area contributed by atoms with Crippen molar-refractivity contribution in [2.45, 2.75) is 0 Å². The van der Waals surface area contributed by atoms with E-state index in [-0.39, 0.29) is 5.69 Å². The summed E-state index contributed by atoms with van der Waals surface area (Å²) >= 11 is 0. The summed E-state index contributed by atoms with van der Waals surface area (Å²) in [6, 6.07) is 4.83. The van der Waals surface area contributed by atoms with E-state index in [2.05, 4.69) is 20.3 Å². The number of nitrogens with zero attached hydrogens (tertiary/aromatic N) is 3. The van der Waals surface area contributed by atoms with Gasteiger partial charge in [0, 0.05) is 31.1 Å². The van der Waals surface area contributed by atoms with Crippen LogP contribution < -0.4 is 5.32 Å². The van der Waals surface area contributed by atoms with Gasteiger partial charge in [0.2, 0.25) is 0 Å². The second-order valence-corrected chi connectivity index (χ2v) is 3.25. The van der Waals surface area contributed by atoms with Crippen molar-refractivity contribution in [2.24, 2.45) is 0 Å². The highest BCUT2D eigenvalue weighted by Gasteiger charge is 2.10. The number of carboxylic acids is 1. The van der Waals surface area contributed by atoms with Crippen LogP contribution in [0.2, 0.25) is 0 Å². The Kier molecular flexibility index (Phi) is 2.95. The molecule has 2 rings (SSSR count). The van der Waals surface area contributed by atoms with Gasteiger partial charge >= 0.3 is 5.97 Å². The molecule has 6 nitrogen and oxygen atoms in total. The molecule has 0 saturated carbocycles. The lowest BCUT2D eigenvalue weighted by Crippen LogP contribution is -2.05. The number of nitrogens with one attached hydrogen (secondary N) is 1. The van der Waals surface area contributed by atoms with Crippen LogP contribution in [0.15, 0.2) is 30.6 Å². The van der Waals surface area contributed by atoms with Crippen molar-refractivity contribution in [3.05, 3.63) is 36.3 Å². The Morgan fingerprint density at radius 1 is 1.29 bits per heavy atom. The summed E-state index contributed by atoms with van der Waals surface area (Å²) in [5.41, 5.74) is 0.677. The maximum atomic E-state index is 10.9. The summed E-state index contributed by atoms with van der Waals surface area (Å²) in [5, 5.41) is 11.7. The van der Waals surface area contributed by atoms with E-state index in [0.29, 0.717) is 11.6 Å². The van der Waals surface area contributed by atoms with Gasteiger partial charge < -0.3 is 10.4 Å². The molecule has 0 atom stereocenters. The minimum absolute atomic E-state index is 0.0452. The first kappa shape index (κ1) is 11.0. The van der Waals surface area contributed by atoms with Crippen molar-refractivity contribution in [3.8, 4) is 11.4 Å². The number of rotatable bonds is 3. The third-order valence-corrected chi connectivity index (χ3v) is 2.14. The molecule has 0 unspecified atom stereocenters. The Bertz CT molecular complexity index is 542. The molecule has 0 amide bonds. The Labute approximate surface area is 97.4 Å². The van der Waals surface area contributed by atoms with Crippen molar-refractivity contribution >= 4 is 11.8 Å². The molecule has 0 fully saturated rings. The highest BCUT2D eigenvalue weighted by molar-refractivity contribution is 5.86. The maximum Gasteiger partial charge on any atom is 0.354 e. The van der Waals surface area contributed by atoms with Gasteiger partial charge in [-0.15, -0.1) is 0 Å². The van der Waals surface area contributed by atoms with Crippen LogP contribution in [-0.4, -0.2) is 33.1 Å². The van der Waals surface area contributed by atoms with Gasteiger partial charge in [-0.3, -0.25) is 4.98 Å². The van der Waals surface area contributed by atoms with Crippen LogP contribution in [0.3, 0.4) is 0 Å². The number of hydrogen-bond acceptors (Lipinski definition) is 5. The molecular formula is C11H10N4O2. The van der Waals surface area contributed by atoms with Gasteiger partial charge in [0.1, 0.15) is 5.82 Å². The molecule has 0 bridgehead atoms. The van der Waals surface area contributed by atoms with Crippen LogP contribution in [0.5, 0.6) is 0 Å². The molecular weight excluding hydrogens is 220 g/mol. The van der Waals surface area contributed by atoms with Crippen molar-refractivity contribution in [2.75, 3.05) is 12.4 Å². The minimum Gasteiger partial charge on any atom is -0.477 e. The molecule has 0 aliphatic heterocycles. The second kappa shape index (κ2) is 4.56. The number of anilines is 1. The monoisotopic (exact) mass is 230 g/mol. The zero-order valence-corrected chi connectivity index (χ0v) is 9.08. The van der Waals surface area contributed by atoms with Crippen LogP contribution in [0.4, 0.5) is 5.82 Å². The molecule has 0 radical (unpaired) electrons. The molecule has 6 heteroatoms. The Hall–Kier alpha value is -2.50. The molecule has 2 N–H and O–H groups in total. The summed E-state index contributed by atoms with van der Waals surface area (Å²) < 4.78 is 0. The van der Waals surface area contributed by atoms with Gasteiger partial charge in [0.15, 0.2) is 11.5 Å². The highest BCUT2D eigenvalue weighted by Crippen LogP contribution is 2.16. The lowest BCUT2D eigenvalue weighted by Gasteiger charge is -2.05. The third-order valence-electron chi connectivity index (χ3n) is 2.14. The standard InChI is InChI=1S/C11H10N4O2/c1-12-9-6-8(11(16)17)14-10(15-9)7-2-4-13-5-3-7/h2-6H,1H3,(H,16,17)(H,12,14,15). The number of carboxylic acid groups (broad SMARTS) is 1. The SMILES string of the molecule is CNc1cc(C(=O)O)nc(-c2ccncc2)n1. The molecule has 2 heterocycles. The van der Waals surface area contributed by atoms with Crippen molar-refractivity contribution in [1.82, 2.24) is 15.0 Å². The van der Waals surface area contributed by atoms with E-state index in [1.54, 1.807) is 31.6 Å². The molecule has 0 aliphatic rings. The molecule has 0 aliphatic carbocycles. The Morgan fingerprint density at radius 3 is 2.59 bits per heavy atom. The first-order valence-corrected chi connectivity index (χ1v) is 4.91. The van der Waals surface area contributed by atoms with E-state index in [0.717, 1.165) is 5.56 Å². The largest absolute Gasteiger partial charge is 0.477 e. The van der Waals surface area contributed by atoms with Gasteiger partial charge in [0.05, 0.1) is 0 Å². The Balaban J connectivity index is 2.54. The first-order valence-electron chi connectivity index (χ1n) is 4.91. The van der Waals surface area contributed by atoms with Crippen LogP contribution in [0.1, 0.15) is 10.5 Å². The lowest BCUT2D eigenvalue weighted by molar-refractivity contribution is 0.0690. The van der Waals surface area contributed by atoms with Gasteiger partial charge in [0.25, 0.3) is 0 Å². The summed E-state index contributed by atoms with van der Waals surface area (Å²) in [5.74, 6) is -0.264. The quantitative estimate of drug-likeness (QED) is 0.825. The summed E-state index contributed by atoms with van der Waals surface area (Å²) in [6.07, 6.45) is 3.20. The average molecular weight is 230 g/mol. The summed E-state index contributed by atoms with van der Waals surface area (Å²) in [4.78, 5) is 23.0. The number of aromatic nitrogens is 3. The highest BCUT2D eigenvalue weighted by atomic mass is 16.4. The molecule has 86 valence electrons. The molecule has 17 heavy (non-hydrogen) atoms.